The lowest BCUT2D eigenvalue weighted by atomic mass is 9.85. The van der Waals surface area contributed by atoms with Crippen LogP contribution in [0, 0.1) is 5.92 Å². The maximum atomic E-state index is 12.9. The van der Waals surface area contributed by atoms with Gasteiger partial charge in [-0.2, -0.15) is 0 Å². The predicted octanol–water partition coefficient (Wildman–Crippen LogP) is 3.55. The molecule has 0 bridgehead atoms. The summed E-state index contributed by atoms with van der Waals surface area (Å²) in [4.78, 5) is 26.3. The van der Waals surface area contributed by atoms with Crippen LogP contribution in [0.1, 0.15) is 57.1 Å². The quantitative estimate of drug-likeness (QED) is 0.756. The number of aromatic nitrogens is 4. The highest BCUT2D eigenvalue weighted by atomic mass is 16.1. The van der Waals surface area contributed by atoms with Gasteiger partial charge in [0.1, 0.15) is 5.65 Å². The number of likely N-dealkylation sites (tertiary alicyclic amines) is 1. The van der Waals surface area contributed by atoms with E-state index in [1.165, 1.54) is 37.7 Å². The number of aromatic amines is 2. The summed E-state index contributed by atoms with van der Waals surface area (Å²) in [6, 6.07) is 0.283. The summed E-state index contributed by atoms with van der Waals surface area (Å²) >= 11 is 0. The van der Waals surface area contributed by atoms with E-state index in [0.29, 0.717) is 5.92 Å². The molecule has 6 heteroatoms. The molecule has 3 aromatic heterocycles. The van der Waals surface area contributed by atoms with E-state index in [4.69, 9.17) is 0 Å². The molecular weight excluding hydrogens is 326 g/mol. The normalized spacial score (nSPS) is 24.8. The van der Waals surface area contributed by atoms with Gasteiger partial charge in [0.15, 0.2) is 0 Å². The molecule has 0 aromatic carbocycles. The van der Waals surface area contributed by atoms with Crippen LogP contribution in [0.3, 0.4) is 0 Å². The van der Waals surface area contributed by atoms with Gasteiger partial charge in [-0.05, 0) is 50.3 Å². The molecule has 0 amide bonds. The summed E-state index contributed by atoms with van der Waals surface area (Å²) in [5.41, 5.74) is 4.08. The molecule has 6 nitrogen and oxygen atoms in total. The fourth-order valence-electron chi connectivity index (χ4n) is 5.06. The Balaban J connectivity index is 1.70. The van der Waals surface area contributed by atoms with Gasteiger partial charge in [-0.15, -0.1) is 0 Å². The van der Waals surface area contributed by atoms with Crippen molar-refractivity contribution >= 4 is 22.1 Å². The van der Waals surface area contributed by atoms with Crippen LogP contribution in [0.2, 0.25) is 0 Å². The smallest absolute Gasteiger partial charge is 0.326 e. The second kappa shape index (κ2) is 6.27. The van der Waals surface area contributed by atoms with Crippen molar-refractivity contribution < 1.29 is 0 Å². The molecule has 138 valence electrons. The monoisotopic (exact) mass is 353 g/mol. The van der Waals surface area contributed by atoms with E-state index >= 15 is 0 Å². The van der Waals surface area contributed by atoms with Gasteiger partial charge in [0.25, 0.3) is 0 Å². The minimum atomic E-state index is 0.0152. The van der Waals surface area contributed by atoms with Crippen LogP contribution in [0.15, 0.2) is 17.2 Å². The van der Waals surface area contributed by atoms with Crippen LogP contribution in [0.5, 0.6) is 0 Å². The predicted molar refractivity (Wildman–Crippen MR) is 103 cm³/mol. The average Bonchev–Trinajstić information content (AvgIpc) is 3.35. The lowest BCUT2D eigenvalue weighted by Gasteiger charge is -2.29. The molecule has 2 fully saturated rings. The van der Waals surface area contributed by atoms with Crippen LogP contribution in [-0.4, -0.2) is 37.5 Å². The van der Waals surface area contributed by atoms with Gasteiger partial charge < -0.3 is 9.97 Å². The molecule has 26 heavy (non-hydrogen) atoms. The minimum absolute atomic E-state index is 0.0152. The highest BCUT2D eigenvalue weighted by molar-refractivity contribution is 6.03. The van der Waals surface area contributed by atoms with E-state index in [-0.39, 0.29) is 11.7 Å². The van der Waals surface area contributed by atoms with Crippen LogP contribution in [-0.2, 0) is 6.54 Å². The van der Waals surface area contributed by atoms with Gasteiger partial charge in [-0.1, -0.05) is 19.8 Å². The summed E-state index contributed by atoms with van der Waals surface area (Å²) in [7, 11) is 0. The van der Waals surface area contributed by atoms with Crippen molar-refractivity contribution in [2.45, 2.75) is 58.0 Å². The molecular formula is C20H27N5O. The number of nitrogens with zero attached hydrogens (tertiary/aromatic N) is 3. The molecule has 0 radical (unpaired) electrons. The van der Waals surface area contributed by atoms with E-state index in [1.807, 2.05) is 4.57 Å². The number of hydrogen-bond donors (Lipinski definition) is 2. The number of imidazole rings is 1. The molecule has 0 unspecified atom stereocenters. The number of pyridine rings is 1. The van der Waals surface area contributed by atoms with Crippen LogP contribution < -0.4 is 5.69 Å². The molecule has 1 saturated carbocycles. The lowest BCUT2D eigenvalue weighted by molar-refractivity contribution is 0.258. The molecule has 2 atom stereocenters. The zero-order valence-corrected chi connectivity index (χ0v) is 15.4. The van der Waals surface area contributed by atoms with Crippen molar-refractivity contribution in [3.05, 3.63) is 28.4 Å². The summed E-state index contributed by atoms with van der Waals surface area (Å²) < 4.78 is 2.05. The van der Waals surface area contributed by atoms with Crippen LogP contribution >= 0.6 is 0 Å². The van der Waals surface area contributed by atoms with E-state index in [9.17, 15) is 4.79 Å². The first kappa shape index (κ1) is 16.1. The summed E-state index contributed by atoms with van der Waals surface area (Å²) in [5, 5.41) is 1.13. The maximum absolute atomic E-state index is 12.9. The Hall–Kier alpha value is -2.08. The molecule has 0 spiro atoms. The summed E-state index contributed by atoms with van der Waals surface area (Å²) in [6.07, 6.45) is 11.2. The van der Waals surface area contributed by atoms with Gasteiger partial charge in [0, 0.05) is 24.2 Å². The van der Waals surface area contributed by atoms with Crippen molar-refractivity contribution in [1.29, 1.82) is 0 Å². The standard InChI is InChI=1S/C20H27N5O/c1-13-6-2-3-7-16(13)25-18-15(23-20(25)26)11-22-19-17(18)14(10-21-19)12-24-8-4-5-9-24/h10-11,13,16H,2-9,12H2,1H3,(H,21,22)(H,23,26)/t13-,16+/m1/s1. The first-order chi connectivity index (χ1) is 12.7. The van der Waals surface area contributed by atoms with E-state index in [2.05, 4.69) is 33.0 Å². The van der Waals surface area contributed by atoms with Gasteiger partial charge in [0.05, 0.1) is 17.2 Å². The fraction of sp³-hybridized carbons (Fsp3) is 0.600. The van der Waals surface area contributed by atoms with E-state index in [0.717, 1.165) is 48.1 Å². The summed E-state index contributed by atoms with van der Waals surface area (Å²) in [6.45, 7) is 5.54. The lowest BCUT2D eigenvalue weighted by Crippen LogP contribution is -2.29. The van der Waals surface area contributed by atoms with Crippen LogP contribution in [0.4, 0.5) is 0 Å². The maximum Gasteiger partial charge on any atom is 0.326 e. The first-order valence-electron chi connectivity index (χ1n) is 10.0. The van der Waals surface area contributed by atoms with E-state index < -0.39 is 0 Å². The molecule has 3 aromatic rings. The SMILES string of the molecule is C[C@@H]1CCCC[C@@H]1n1c(=O)[nH]c2cnc3[nH]cc(CN4CCCC4)c3c21. The number of hydrogen-bond acceptors (Lipinski definition) is 3. The third-order valence-corrected chi connectivity index (χ3v) is 6.45. The Morgan fingerprint density at radius 2 is 2.00 bits per heavy atom. The van der Waals surface area contributed by atoms with Gasteiger partial charge in [-0.3, -0.25) is 9.47 Å². The molecule has 2 aliphatic rings. The van der Waals surface area contributed by atoms with Crippen LogP contribution in [0.25, 0.3) is 22.1 Å². The van der Waals surface area contributed by atoms with Crippen molar-refractivity contribution in [3.63, 3.8) is 0 Å². The number of H-pyrrole nitrogens is 2. The number of nitrogens with one attached hydrogen (secondary N) is 2. The average molecular weight is 353 g/mol. The van der Waals surface area contributed by atoms with Crippen molar-refractivity contribution in [1.82, 2.24) is 24.4 Å². The molecule has 1 aliphatic heterocycles. The zero-order chi connectivity index (χ0) is 17.7. The third-order valence-electron chi connectivity index (χ3n) is 6.45. The Kier molecular flexibility index (Phi) is 3.89. The molecule has 1 saturated heterocycles. The first-order valence-corrected chi connectivity index (χ1v) is 10.0. The zero-order valence-electron chi connectivity index (χ0n) is 15.4. The van der Waals surface area contributed by atoms with E-state index in [1.54, 1.807) is 6.20 Å². The molecule has 4 heterocycles. The van der Waals surface area contributed by atoms with Crippen molar-refractivity contribution in [3.8, 4) is 0 Å². The second-order valence-electron chi connectivity index (χ2n) is 8.17. The number of fused-ring (bicyclic) bond motifs is 3. The Morgan fingerprint density at radius 3 is 2.81 bits per heavy atom. The highest BCUT2D eigenvalue weighted by Gasteiger charge is 2.28. The fourth-order valence-corrected chi connectivity index (χ4v) is 5.06. The summed E-state index contributed by atoms with van der Waals surface area (Å²) in [5.74, 6) is 0.532. The second-order valence-corrected chi connectivity index (χ2v) is 8.17. The molecule has 1 aliphatic carbocycles. The van der Waals surface area contributed by atoms with Crippen molar-refractivity contribution in [2.75, 3.05) is 13.1 Å². The Bertz CT molecular complexity index is 991. The molecule has 2 N–H and O–H groups in total. The Morgan fingerprint density at radius 1 is 1.19 bits per heavy atom. The van der Waals surface area contributed by atoms with Crippen molar-refractivity contribution in [2.24, 2.45) is 5.92 Å². The topological polar surface area (TPSA) is 69.7 Å². The number of rotatable bonds is 3. The largest absolute Gasteiger partial charge is 0.346 e. The molecule has 5 rings (SSSR count). The third kappa shape index (κ3) is 2.50. The van der Waals surface area contributed by atoms with Gasteiger partial charge >= 0.3 is 5.69 Å². The Labute approximate surface area is 152 Å². The van der Waals surface area contributed by atoms with Gasteiger partial charge in [0.2, 0.25) is 0 Å². The minimum Gasteiger partial charge on any atom is -0.346 e. The van der Waals surface area contributed by atoms with Gasteiger partial charge in [-0.25, -0.2) is 9.78 Å². The highest BCUT2D eigenvalue weighted by Crippen LogP contribution is 2.36.